The summed E-state index contributed by atoms with van der Waals surface area (Å²) in [5.74, 6) is 6.81. The van der Waals surface area contributed by atoms with Gasteiger partial charge in [-0.2, -0.15) is 0 Å². The van der Waals surface area contributed by atoms with Crippen molar-refractivity contribution in [3.05, 3.63) is 47.2 Å². The number of thioether (sulfide) groups is 1. The minimum Gasteiger partial charge on any atom is -0.493 e. The molecule has 0 radical (unpaired) electrons. The van der Waals surface area contributed by atoms with Crippen molar-refractivity contribution in [1.82, 2.24) is 14.9 Å². The number of ether oxygens (including phenoxy) is 2. The molecule has 1 atom stereocenters. The highest BCUT2D eigenvalue weighted by molar-refractivity contribution is 8.00. The fourth-order valence-electron chi connectivity index (χ4n) is 2.57. The van der Waals surface area contributed by atoms with Crippen molar-refractivity contribution < 1.29 is 18.7 Å². The molecule has 3 rings (SSSR count). The third-order valence-electron chi connectivity index (χ3n) is 4.15. The first-order valence-corrected chi connectivity index (χ1v) is 9.95. The Balaban J connectivity index is 1.75. The van der Waals surface area contributed by atoms with Crippen molar-refractivity contribution >= 4 is 35.0 Å². The zero-order valence-electron chi connectivity index (χ0n) is 16.3. The van der Waals surface area contributed by atoms with Crippen LogP contribution in [-0.4, -0.2) is 40.3 Å². The van der Waals surface area contributed by atoms with Crippen LogP contribution in [0.25, 0.3) is 11.4 Å². The summed E-state index contributed by atoms with van der Waals surface area (Å²) >= 11 is 7.07. The molecule has 3 aromatic rings. The number of carbonyl (C=O) groups is 1. The Hall–Kier alpha value is -2.98. The Kier molecular flexibility index (Phi) is 6.68. The van der Waals surface area contributed by atoms with E-state index in [2.05, 4.69) is 15.5 Å². The molecule has 0 aliphatic carbocycles. The molecule has 8 nitrogen and oxygen atoms in total. The van der Waals surface area contributed by atoms with Gasteiger partial charge in [0.1, 0.15) is 5.82 Å². The maximum atomic E-state index is 13.2. The van der Waals surface area contributed by atoms with E-state index >= 15 is 0 Å². The third-order valence-corrected chi connectivity index (χ3v) is 5.52. The van der Waals surface area contributed by atoms with Crippen LogP contribution in [0.2, 0.25) is 5.02 Å². The van der Waals surface area contributed by atoms with E-state index in [-0.39, 0.29) is 10.9 Å². The zero-order chi connectivity index (χ0) is 21.8. The van der Waals surface area contributed by atoms with Gasteiger partial charge in [-0.3, -0.25) is 4.79 Å². The lowest BCUT2D eigenvalue weighted by Crippen LogP contribution is -2.23. The molecule has 0 saturated carbocycles. The molecule has 0 fully saturated rings. The minimum atomic E-state index is -0.573. The molecular formula is C19H19ClFN5O3S. The normalized spacial score (nSPS) is 11.8. The van der Waals surface area contributed by atoms with Crippen molar-refractivity contribution in [2.24, 2.45) is 0 Å². The standard InChI is InChI=1S/C19H19ClFN5O3S/c1-10(18(27)23-14-6-5-12(21)9-13(14)20)30-19-25-24-17(26(19)22)11-4-7-15(28-2)16(8-11)29-3/h4-10H,22H2,1-3H3,(H,23,27). The van der Waals surface area contributed by atoms with E-state index in [1.54, 1.807) is 32.2 Å². The highest BCUT2D eigenvalue weighted by atomic mass is 35.5. The SMILES string of the molecule is COc1ccc(-c2nnc(SC(C)C(=O)Nc3ccc(F)cc3Cl)n2N)cc1OC. The van der Waals surface area contributed by atoms with E-state index in [9.17, 15) is 9.18 Å². The molecular weight excluding hydrogens is 433 g/mol. The first-order chi connectivity index (χ1) is 14.3. The lowest BCUT2D eigenvalue weighted by Gasteiger charge is -2.13. The predicted molar refractivity (Wildman–Crippen MR) is 114 cm³/mol. The number of aromatic nitrogens is 3. The Morgan fingerprint density at radius 1 is 1.20 bits per heavy atom. The van der Waals surface area contributed by atoms with Crippen molar-refractivity contribution in [3.63, 3.8) is 0 Å². The third kappa shape index (κ3) is 4.60. The molecule has 0 aliphatic heterocycles. The molecule has 11 heteroatoms. The maximum absolute atomic E-state index is 13.2. The lowest BCUT2D eigenvalue weighted by molar-refractivity contribution is -0.115. The number of hydrogen-bond donors (Lipinski definition) is 2. The number of nitrogens with one attached hydrogen (secondary N) is 1. The minimum absolute atomic E-state index is 0.110. The molecule has 158 valence electrons. The number of nitrogens with zero attached hydrogens (tertiary/aromatic N) is 3. The maximum Gasteiger partial charge on any atom is 0.237 e. The van der Waals surface area contributed by atoms with Crippen LogP contribution < -0.4 is 20.6 Å². The van der Waals surface area contributed by atoms with E-state index in [1.807, 2.05) is 0 Å². The monoisotopic (exact) mass is 451 g/mol. The van der Waals surface area contributed by atoms with Gasteiger partial charge < -0.3 is 20.6 Å². The van der Waals surface area contributed by atoms with Gasteiger partial charge in [-0.1, -0.05) is 23.4 Å². The van der Waals surface area contributed by atoms with Gasteiger partial charge in [-0.25, -0.2) is 9.07 Å². The van der Waals surface area contributed by atoms with Gasteiger partial charge in [-0.15, -0.1) is 10.2 Å². The van der Waals surface area contributed by atoms with E-state index in [0.717, 1.165) is 17.8 Å². The number of rotatable bonds is 7. The molecule has 30 heavy (non-hydrogen) atoms. The van der Waals surface area contributed by atoms with E-state index in [1.165, 1.54) is 23.9 Å². The molecule has 0 bridgehead atoms. The molecule has 0 spiro atoms. The van der Waals surface area contributed by atoms with E-state index in [4.69, 9.17) is 26.9 Å². The number of nitrogen functional groups attached to an aromatic ring is 1. The van der Waals surface area contributed by atoms with Gasteiger partial charge in [-0.05, 0) is 43.3 Å². The van der Waals surface area contributed by atoms with Crippen LogP contribution in [0.5, 0.6) is 11.5 Å². The smallest absolute Gasteiger partial charge is 0.237 e. The summed E-state index contributed by atoms with van der Waals surface area (Å²) in [5.41, 5.74) is 0.987. The number of anilines is 1. The average Bonchev–Trinajstić information content (AvgIpc) is 3.09. The molecule has 1 unspecified atom stereocenters. The number of carbonyl (C=O) groups excluding carboxylic acids is 1. The molecule has 0 aliphatic rings. The molecule has 2 aromatic carbocycles. The Morgan fingerprint density at radius 3 is 2.60 bits per heavy atom. The van der Waals surface area contributed by atoms with Gasteiger partial charge in [0.15, 0.2) is 17.3 Å². The largest absolute Gasteiger partial charge is 0.493 e. The van der Waals surface area contributed by atoms with Crippen LogP contribution in [0.15, 0.2) is 41.6 Å². The second-order valence-corrected chi connectivity index (χ2v) is 7.83. The lowest BCUT2D eigenvalue weighted by atomic mass is 10.2. The van der Waals surface area contributed by atoms with Gasteiger partial charge in [0.25, 0.3) is 0 Å². The summed E-state index contributed by atoms with van der Waals surface area (Å²) in [5, 5.41) is 10.7. The molecule has 0 saturated heterocycles. The van der Waals surface area contributed by atoms with Crippen molar-refractivity contribution in [2.75, 3.05) is 25.4 Å². The fraction of sp³-hybridized carbons (Fsp3) is 0.211. The highest BCUT2D eigenvalue weighted by Crippen LogP contribution is 2.33. The van der Waals surface area contributed by atoms with Crippen molar-refractivity contribution in [1.29, 1.82) is 0 Å². The summed E-state index contributed by atoms with van der Waals surface area (Å²) in [7, 11) is 3.08. The highest BCUT2D eigenvalue weighted by Gasteiger charge is 2.21. The average molecular weight is 452 g/mol. The summed E-state index contributed by atoms with van der Waals surface area (Å²) in [6.45, 7) is 1.68. The van der Waals surface area contributed by atoms with E-state index in [0.29, 0.717) is 33.7 Å². The first kappa shape index (κ1) is 21.7. The second-order valence-electron chi connectivity index (χ2n) is 6.12. The number of methoxy groups -OCH3 is 2. The summed E-state index contributed by atoms with van der Waals surface area (Å²) in [6.07, 6.45) is 0. The van der Waals surface area contributed by atoms with Gasteiger partial charge >= 0.3 is 0 Å². The van der Waals surface area contributed by atoms with Crippen LogP contribution in [0.1, 0.15) is 6.92 Å². The molecule has 1 heterocycles. The predicted octanol–water partition coefficient (Wildman–Crippen LogP) is 3.59. The number of benzene rings is 2. The van der Waals surface area contributed by atoms with Crippen LogP contribution in [0.3, 0.4) is 0 Å². The topological polar surface area (TPSA) is 104 Å². The quantitative estimate of drug-likeness (QED) is 0.417. The second kappa shape index (κ2) is 9.23. The number of halogens is 2. The van der Waals surface area contributed by atoms with Crippen molar-refractivity contribution in [2.45, 2.75) is 17.3 Å². The molecule has 1 aromatic heterocycles. The molecule has 1 amide bonds. The summed E-state index contributed by atoms with van der Waals surface area (Å²) in [6, 6.07) is 8.97. The van der Waals surface area contributed by atoms with Crippen LogP contribution >= 0.6 is 23.4 Å². The fourth-order valence-corrected chi connectivity index (χ4v) is 3.55. The Bertz CT molecular complexity index is 1080. The van der Waals surface area contributed by atoms with Crippen LogP contribution in [0.4, 0.5) is 10.1 Å². The van der Waals surface area contributed by atoms with Crippen LogP contribution in [-0.2, 0) is 4.79 Å². The Morgan fingerprint density at radius 2 is 1.93 bits per heavy atom. The number of amides is 1. The van der Waals surface area contributed by atoms with Crippen molar-refractivity contribution in [3.8, 4) is 22.9 Å². The Labute approximate surface area is 181 Å². The summed E-state index contributed by atoms with van der Waals surface area (Å²) in [4.78, 5) is 12.5. The first-order valence-electron chi connectivity index (χ1n) is 8.69. The number of hydrogen-bond acceptors (Lipinski definition) is 7. The summed E-state index contributed by atoms with van der Waals surface area (Å²) < 4.78 is 25.0. The number of nitrogens with two attached hydrogens (primary N) is 1. The van der Waals surface area contributed by atoms with Gasteiger partial charge in [0, 0.05) is 5.56 Å². The van der Waals surface area contributed by atoms with Gasteiger partial charge in [0.05, 0.1) is 30.2 Å². The zero-order valence-corrected chi connectivity index (χ0v) is 17.9. The van der Waals surface area contributed by atoms with Gasteiger partial charge in [0.2, 0.25) is 11.1 Å². The molecule has 3 N–H and O–H groups in total. The van der Waals surface area contributed by atoms with Crippen LogP contribution in [0, 0.1) is 5.82 Å². The van der Waals surface area contributed by atoms with E-state index < -0.39 is 11.1 Å².